The summed E-state index contributed by atoms with van der Waals surface area (Å²) in [6, 6.07) is 6.20. The van der Waals surface area contributed by atoms with Crippen molar-refractivity contribution in [3.05, 3.63) is 23.8 Å². The summed E-state index contributed by atoms with van der Waals surface area (Å²) in [6.07, 6.45) is 3.02. The van der Waals surface area contributed by atoms with Crippen molar-refractivity contribution in [3.8, 4) is 11.5 Å². The fourth-order valence-electron chi connectivity index (χ4n) is 2.84. The summed E-state index contributed by atoms with van der Waals surface area (Å²) in [5.41, 5.74) is 7.70. The van der Waals surface area contributed by atoms with E-state index in [0.29, 0.717) is 13.2 Å². The van der Waals surface area contributed by atoms with Crippen molar-refractivity contribution in [2.75, 3.05) is 33.4 Å². The molecule has 1 aromatic carbocycles. The summed E-state index contributed by atoms with van der Waals surface area (Å²) < 4.78 is 11.2. The monoisotopic (exact) mass is 262 g/mol. The van der Waals surface area contributed by atoms with Crippen LogP contribution in [-0.2, 0) is 6.42 Å². The average Bonchev–Trinajstić information content (AvgIpc) is 2.42. The van der Waals surface area contributed by atoms with Crippen LogP contribution in [0.1, 0.15) is 18.4 Å². The van der Waals surface area contributed by atoms with E-state index in [2.05, 4.69) is 24.1 Å². The van der Waals surface area contributed by atoms with Crippen LogP contribution < -0.4 is 15.2 Å². The zero-order chi connectivity index (χ0) is 13.3. The summed E-state index contributed by atoms with van der Waals surface area (Å²) in [5, 5.41) is 0. The van der Waals surface area contributed by atoms with Gasteiger partial charge in [0.15, 0.2) is 11.5 Å². The maximum absolute atomic E-state index is 6.53. The highest BCUT2D eigenvalue weighted by Crippen LogP contribution is 2.32. The second-order valence-corrected chi connectivity index (χ2v) is 5.82. The lowest BCUT2D eigenvalue weighted by Gasteiger charge is -2.38. The number of rotatable bonds is 2. The predicted octanol–water partition coefficient (Wildman–Crippen LogP) is 1.42. The normalized spacial score (nSPS) is 22.2. The fraction of sp³-hybridized carbons (Fsp3) is 0.600. The van der Waals surface area contributed by atoms with Crippen molar-refractivity contribution >= 4 is 0 Å². The van der Waals surface area contributed by atoms with Crippen LogP contribution in [0.3, 0.4) is 0 Å². The second-order valence-electron chi connectivity index (χ2n) is 5.82. The molecule has 3 rings (SSSR count). The van der Waals surface area contributed by atoms with Gasteiger partial charge in [0.25, 0.3) is 0 Å². The van der Waals surface area contributed by atoms with E-state index in [-0.39, 0.29) is 5.54 Å². The van der Waals surface area contributed by atoms with Gasteiger partial charge in [0.1, 0.15) is 13.2 Å². The van der Waals surface area contributed by atoms with E-state index < -0.39 is 0 Å². The number of benzene rings is 1. The van der Waals surface area contributed by atoms with E-state index in [1.807, 2.05) is 6.07 Å². The lowest BCUT2D eigenvalue weighted by molar-refractivity contribution is 0.170. The Labute approximate surface area is 114 Å². The number of nitrogens with zero attached hydrogens (tertiary/aromatic N) is 1. The van der Waals surface area contributed by atoms with Gasteiger partial charge in [-0.25, -0.2) is 0 Å². The largest absolute Gasteiger partial charge is 0.486 e. The second kappa shape index (κ2) is 5.02. The van der Waals surface area contributed by atoms with E-state index >= 15 is 0 Å². The summed E-state index contributed by atoms with van der Waals surface area (Å²) in [6.45, 7) is 3.44. The highest BCUT2D eigenvalue weighted by molar-refractivity contribution is 5.44. The van der Waals surface area contributed by atoms with Crippen LogP contribution in [0.5, 0.6) is 11.5 Å². The van der Waals surface area contributed by atoms with Crippen molar-refractivity contribution in [2.45, 2.75) is 24.8 Å². The van der Waals surface area contributed by atoms with E-state index in [1.54, 1.807) is 0 Å². The van der Waals surface area contributed by atoms with E-state index in [9.17, 15) is 0 Å². The third-order valence-electron chi connectivity index (χ3n) is 4.15. The standard InChI is InChI=1S/C15H22N2O2/c1-17-6-4-15(16,5-7-17)11-12-2-3-13-14(10-12)19-9-8-18-13/h2-3,10H,4-9,11,16H2,1H3. The SMILES string of the molecule is CN1CCC(N)(Cc2ccc3c(c2)OCCO3)CC1. The molecule has 4 heteroatoms. The number of fused-ring (bicyclic) bond motifs is 1. The van der Waals surface area contributed by atoms with Gasteiger partial charge in [-0.15, -0.1) is 0 Å². The molecule has 2 N–H and O–H groups in total. The van der Waals surface area contributed by atoms with Gasteiger partial charge < -0.3 is 20.1 Å². The minimum Gasteiger partial charge on any atom is -0.486 e. The molecule has 1 aromatic rings. The number of piperidine rings is 1. The minimum absolute atomic E-state index is 0.0731. The maximum atomic E-state index is 6.53. The quantitative estimate of drug-likeness (QED) is 0.876. The van der Waals surface area contributed by atoms with Crippen LogP contribution in [0.4, 0.5) is 0 Å². The van der Waals surface area contributed by atoms with E-state index in [0.717, 1.165) is 43.9 Å². The summed E-state index contributed by atoms with van der Waals surface area (Å²) in [7, 11) is 2.16. The fourth-order valence-corrected chi connectivity index (χ4v) is 2.84. The average molecular weight is 262 g/mol. The molecule has 2 aliphatic heterocycles. The Kier molecular flexibility index (Phi) is 3.37. The maximum Gasteiger partial charge on any atom is 0.161 e. The molecule has 0 aromatic heterocycles. The van der Waals surface area contributed by atoms with Crippen molar-refractivity contribution in [1.82, 2.24) is 4.90 Å². The number of hydrogen-bond donors (Lipinski definition) is 1. The lowest BCUT2D eigenvalue weighted by atomic mass is 9.83. The van der Waals surface area contributed by atoms with Crippen molar-refractivity contribution in [2.24, 2.45) is 5.73 Å². The third-order valence-corrected chi connectivity index (χ3v) is 4.15. The first-order valence-corrected chi connectivity index (χ1v) is 7.01. The van der Waals surface area contributed by atoms with Gasteiger partial charge in [-0.3, -0.25) is 0 Å². The Hall–Kier alpha value is -1.26. The lowest BCUT2D eigenvalue weighted by Crippen LogP contribution is -2.50. The molecule has 104 valence electrons. The number of hydrogen-bond acceptors (Lipinski definition) is 4. The molecule has 4 nitrogen and oxygen atoms in total. The molecule has 19 heavy (non-hydrogen) atoms. The smallest absolute Gasteiger partial charge is 0.161 e. The van der Waals surface area contributed by atoms with Crippen LogP contribution in [0.2, 0.25) is 0 Å². The van der Waals surface area contributed by atoms with Crippen molar-refractivity contribution < 1.29 is 9.47 Å². The summed E-state index contributed by atoms with van der Waals surface area (Å²) in [4.78, 5) is 2.34. The van der Waals surface area contributed by atoms with Crippen LogP contribution in [0, 0.1) is 0 Å². The number of ether oxygens (including phenoxy) is 2. The van der Waals surface area contributed by atoms with Crippen LogP contribution in [0.25, 0.3) is 0 Å². The topological polar surface area (TPSA) is 47.7 Å². The molecule has 0 radical (unpaired) electrons. The van der Waals surface area contributed by atoms with Gasteiger partial charge in [0.2, 0.25) is 0 Å². The third kappa shape index (κ3) is 2.85. The number of likely N-dealkylation sites (tertiary alicyclic amines) is 1. The first-order valence-electron chi connectivity index (χ1n) is 7.01. The van der Waals surface area contributed by atoms with Gasteiger partial charge >= 0.3 is 0 Å². The molecule has 0 unspecified atom stereocenters. The Bertz CT molecular complexity index is 453. The molecular formula is C15H22N2O2. The van der Waals surface area contributed by atoms with Crippen LogP contribution in [-0.4, -0.2) is 43.8 Å². The van der Waals surface area contributed by atoms with E-state index in [1.165, 1.54) is 5.56 Å². The first kappa shape index (κ1) is 12.8. The van der Waals surface area contributed by atoms with Crippen molar-refractivity contribution in [1.29, 1.82) is 0 Å². The molecule has 2 aliphatic rings. The molecule has 1 saturated heterocycles. The first-order chi connectivity index (χ1) is 9.15. The minimum atomic E-state index is -0.0731. The van der Waals surface area contributed by atoms with Crippen molar-refractivity contribution in [3.63, 3.8) is 0 Å². The molecule has 0 saturated carbocycles. The van der Waals surface area contributed by atoms with Crippen LogP contribution >= 0.6 is 0 Å². The van der Waals surface area contributed by atoms with Gasteiger partial charge in [0.05, 0.1) is 0 Å². The summed E-state index contributed by atoms with van der Waals surface area (Å²) in [5.74, 6) is 1.71. The number of nitrogens with two attached hydrogens (primary N) is 1. The molecule has 0 aliphatic carbocycles. The molecule has 2 heterocycles. The zero-order valence-electron chi connectivity index (χ0n) is 11.5. The highest BCUT2D eigenvalue weighted by Gasteiger charge is 2.30. The van der Waals surface area contributed by atoms with Gasteiger partial charge in [-0.1, -0.05) is 6.07 Å². The Balaban J connectivity index is 1.72. The predicted molar refractivity (Wildman–Crippen MR) is 74.8 cm³/mol. The molecule has 0 spiro atoms. The Morgan fingerprint density at radius 1 is 1.16 bits per heavy atom. The molecule has 0 amide bonds. The van der Waals surface area contributed by atoms with Gasteiger partial charge in [0, 0.05) is 5.54 Å². The highest BCUT2D eigenvalue weighted by atomic mass is 16.6. The molecule has 1 fully saturated rings. The van der Waals surface area contributed by atoms with Gasteiger partial charge in [-0.2, -0.15) is 0 Å². The van der Waals surface area contributed by atoms with E-state index in [4.69, 9.17) is 15.2 Å². The summed E-state index contributed by atoms with van der Waals surface area (Å²) >= 11 is 0. The molecule has 0 bridgehead atoms. The molecule has 0 atom stereocenters. The van der Waals surface area contributed by atoms with Gasteiger partial charge in [-0.05, 0) is 57.1 Å². The molecular weight excluding hydrogens is 240 g/mol. The Morgan fingerprint density at radius 2 is 1.84 bits per heavy atom. The Morgan fingerprint density at radius 3 is 2.58 bits per heavy atom. The van der Waals surface area contributed by atoms with Crippen LogP contribution in [0.15, 0.2) is 18.2 Å². The zero-order valence-corrected chi connectivity index (χ0v) is 11.5.